The highest BCUT2D eigenvalue weighted by molar-refractivity contribution is 6.19. The van der Waals surface area contributed by atoms with Crippen molar-refractivity contribution in [2.24, 2.45) is 0 Å². The molecule has 4 aromatic heterocycles. The summed E-state index contributed by atoms with van der Waals surface area (Å²) in [6, 6.07) is 81.7. The van der Waals surface area contributed by atoms with Gasteiger partial charge in [-0.05, 0) is 84.2 Å². The van der Waals surface area contributed by atoms with E-state index < -0.39 is 0 Å². The molecule has 6 nitrogen and oxygen atoms in total. The van der Waals surface area contributed by atoms with Crippen molar-refractivity contribution in [1.29, 1.82) is 0 Å². The smallest absolute Gasteiger partial charge is 0.164 e. The van der Waals surface area contributed by atoms with Gasteiger partial charge in [-0.1, -0.05) is 152 Å². The number of fused-ring (bicyclic) bond motifs is 11. The van der Waals surface area contributed by atoms with Gasteiger partial charge in [-0.25, -0.2) is 15.0 Å². The molecule has 0 radical (unpaired) electrons. The molecule has 4 heterocycles. The average molecular weight is 831 g/mol. The SMILES string of the molecule is c1ccc(-c2nc(-c3ccccc3)nc(-c3cccc(-n4c5ccc(N(c6ccccc6)c6ccccc6)cc5c5cc6cc7c8ccccc8c8ccccc8n7c6cc54)c3)n2)cc1. The predicted octanol–water partition coefficient (Wildman–Crippen LogP) is 15.2. The Morgan fingerprint density at radius 2 is 0.815 bits per heavy atom. The van der Waals surface area contributed by atoms with Gasteiger partial charge in [0, 0.05) is 66.4 Å². The van der Waals surface area contributed by atoms with Crippen LogP contribution in [-0.2, 0) is 0 Å². The van der Waals surface area contributed by atoms with E-state index >= 15 is 0 Å². The number of pyridine rings is 1. The molecule has 0 spiro atoms. The van der Waals surface area contributed by atoms with Crippen molar-refractivity contribution in [3.8, 4) is 39.9 Å². The topological polar surface area (TPSA) is 51.2 Å². The van der Waals surface area contributed by atoms with Gasteiger partial charge < -0.3 is 13.9 Å². The largest absolute Gasteiger partial charge is 0.310 e. The Morgan fingerprint density at radius 1 is 0.292 bits per heavy atom. The lowest BCUT2D eigenvalue weighted by atomic mass is 10.1. The standard InChI is InChI=1S/C59H38N6/c1-5-18-39(19-6-1)57-60-58(40-20-7-2-8-21-40)62-59(61-57)41-22-17-27-45(34-41)64-53-33-32-46(63(43-23-9-3-10-24-43)44-25-11-4-12-26-44)37-51(53)50-35-42-36-55-49-30-14-13-28-47(49)48-29-15-16-31-52(48)65(55)54(42)38-56(50)64/h1-38H. The van der Waals surface area contributed by atoms with Crippen LogP contribution < -0.4 is 4.90 Å². The molecule has 0 amide bonds. The summed E-state index contributed by atoms with van der Waals surface area (Å²) >= 11 is 0. The molecule has 9 aromatic carbocycles. The maximum atomic E-state index is 5.12. The molecule has 0 aliphatic heterocycles. The third-order valence-electron chi connectivity index (χ3n) is 12.7. The molecule has 0 aliphatic rings. The average Bonchev–Trinajstić information content (AvgIpc) is 3.92. The van der Waals surface area contributed by atoms with Gasteiger partial charge >= 0.3 is 0 Å². The van der Waals surface area contributed by atoms with E-state index in [9.17, 15) is 0 Å². The summed E-state index contributed by atoms with van der Waals surface area (Å²) in [5, 5.41) is 7.24. The van der Waals surface area contributed by atoms with Crippen LogP contribution in [0.3, 0.4) is 0 Å². The fourth-order valence-electron chi connectivity index (χ4n) is 9.75. The van der Waals surface area contributed by atoms with Gasteiger partial charge in [0.05, 0.1) is 27.6 Å². The maximum absolute atomic E-state index is 5.12. The lowest BCUT2D eigenvalue weighted by Gasteiger charge is -2.25. The Bertz CT molecular complexity index is 3840. The fraction of sp³-hybridized carbons (Fsp3) is 0. The molecule has 0 saturated carbocycles. The van der Waals surface area contributed by atoms with Crippen LogP contribution in [0.25, 0.3) is 99.8 Å². The Kier molecular flexibility index (Phi) is 8.42. The van der Waals surface area contributed by atoms with E-state index in [-0.39, 0.29) is 0 Å². The molecule has 6 heteroatoms. The minimum absolute atomic E-state index is 0.613. The number of hydrogen-bond acceptors (Lipinski definition) is 4. The molecular weight excluding hydrogens is 793 g/mol. The highest BCUT2D eigenvalue weighted by atomic mass is 15.1. The van der Waals surface area contributed by atoms with Gasteiger partial charge in [-0.2, -0.15) is 0 Å². The quantitative estimate of drug-likeness (QED) is 0.150. The molecule has 0 N–H and O–H groups in total. The first-order valence-corrected chi connectivity index (χ1v) is 21.9. The Labute approximate surface area is 374 Å². The summed E-state index contributed by atoms with van der Waals surface area (Å²) in [7, 11) is 0. The van der Waals surface area contributed by atoms with Gasteiger partial charge in [-0.3, -0.25) is 0 Å². The number of nitrogens with zero attached hydrogens (tertiary/aromatic N) is 6. The first-order chi connectivity index (χ1) is 32.2. The van der Waals surface area contributed by atoms with E-state index in [0.29, 0.717) is 17.5 Å². The summed E-state index contributed by atoms with van der Waals surface area (Å²) in [4.78, 5) is 17.5. The molecule has 0 fully saturated rings. The highest BCUT2D eigenvalue weighted by Gasteiger charge is 2.21. The number of rotatable bonds is 7. The predicted molar refractivity (Wildman–Crippen MR) is 269 cm³/mol. The second kappa shape index (κ2) is 14.9. The molecule has 0 atom stereocenters. The van der Waals surface area contributed by atoms with Crippen LogP contribution in [0.4, 0.5) is 17.1 Å². The molecule has 304 valence electrons. The fourth-order valence-corrected chi connectivity index (χ4v) is 9.75. The third-order valence-corrected chi connectivity index (χ3v) is 12.7. The van der Waals surface area contributed by atoms with Crippen LogP contribution >= 0.6 is 0 Å². The number of benzene rings is 9. The molecular formula is C59H38N6. The summed E-state index contributed by atoms with van der Waals surface area (Å²) < 4.78 is 4.86. The Balaban J connectivity index is 1.09. The van der Waals surface area contributed by atoms with Crippen molar-refractivity contribution in [2.45, 2.75) is 0 Å². The van der Waals surface area contributed by atoms with Crippen LogP contribution in [-0.4, -0.2) is 23.9 Å². The van der Waals surface area contributed by atoms with Gasteiger partial charge in [0.1, 0.15) is 0 Å². The second-order valence-electron chi connectivity index (χ2n) is 16.5. The van der Waals surface area contributed by atoms with Gasteiger partial charge in [0.15, 0.2) is 17.5 Å². The number of anilines is 3. The summed E-state index contributed by atoms with van der Waals surface area (Å²) in [6.07, 6.45) is 0. The summed E-state index contributed by atoms with van der Waals surface area (Å²) in [6.45, 7) is 0. The first kappa shape index (κ1) is 36.8. The molecule has 0 saturated heterocycles. The first-order valence-electron chi connectivity index (χ1n) is 21.9. The Hall–Kier alpha value is -8.87. The van der Waals surface area contributed by atoms with Crippen molar-refractivity contribution >= 4 is 77.0 Å². The van der Waals surface area contributed by atoms with Crippen LogP contribution in [0.15, 0.2) is 231 Å². The van der Waals surface area contributed by atoms with Gasteiger partial charge in [0.25, 0.3) is 0 Å². The normalized spacial score (nSPS) is 11.7. The summed E-state index contributed by atoms with van der Waals surface area (Å²) in [5.41, 5.74) is 12.8. The zero-order valence-electron chi connectivity index (χ0n) is 35.1. The molecule has 0 unspecified atom stereocenters. The van der Waals surface area contributed by atoms with E-state index in [1.165, 1.54) is 38.0 Å². The highest BCUT2D eigenvalue weighted by Crippen LogP contribution is 2.43. The molecule has 0 aliphatic carbocycles. The minimum Gasteiger partial charge on any atom is -0.310 e. The van der Waals surface area contributed by atoms with E-state index in [1.54, 1.807) is 0 Å². The maximum Gasteiger partial charge on any atom is 0.164 e. The van der Waals surface area contributed by atoms with E-state index in [0.717, 1.165) is 61.4 Å². The number of hydrogen-bond donors (Lipinski definition) is 0. The summed E-state index contributed by atoms with van der Waals surface area (Å²) in [5.74, 6) is 1.88. The van der Waals surface area contributed by atoms with E-state index in [4.69, 9.17) is 15.0 Å². The van der Waals surface area contributed by atoms with Crippen molar-refractivity contribution in [1.82, 2.24) is 23.9 Å². The van der Waals surface area contributed by atoms with Crippen LogP contribution in [0.1, 0.15) is 0 Å². The van der Waals surface area contributed by atoms with Gasteiger partial charge in [-0.15, -0.1) is 0 Å². The minimum atomic E-state index is 0.613. The zero-order chi connectivity index (χ0) is 42.8. The molecule has 13 aromatic rings. The lowest BCUT2D eigenvalue weighted by molar-refractivity contribution is 1.07. The molecule has 13 rings (SSSR count). The van der Waals surface area contributed by atoms with Crippen LogP contribution in [0.5, 0.6) is 0 Å². The second-order valence-corrected chi connectivity index (χ2v) is 16.5. The van der Waals surface area contributed by atoms with E-state index in [2.05, 4.69) is 184 Å². The van der Waals surface area contributed by atoms with E-state index in [1.807, 2.05) is 60.7 Å². The molecule has 65 heavy (non-hydrogen) atoms. The zero-order valence-corrected chi connectivity index (χ0v) is 35.1. The van der Waals surface area contributed by atoms with Crippen molar-refractivity contribution in [3.05, 3.63) is 231 Å². The Morgan fingerprint density at radius 3 is 1.46 bits per heavy atom. The van der Waals surface area contributed by atoms with Crippen molar-refractivity contribution in [3.63, 3.8) is 0 Å². The number of para-hydroxylation sites is 3. The monoisotopic (exact) mass is 830 g/mol. The van der Waals surface area contributed by atoms with Crippen molar-refractivity contribution < 1.29 is 0 Å². The lowest BCUT2D eigenvalue weighted by Crippen LogP contribution is -2.09. The van der Waals surface area contributed by atoms with Crippen LogP contribution in [0, 0.1) is 0 Å². The molecule has 0 bridgehead atoms. The number of aromatic nitrogens is 5. The van der Waals surface area contributed by atoms with Crippen molar-refractivity contribution in [2.75, 3.05) is 4.90 Å². The van der Waals surface area contributed by atoms with Gasteiger partial charge in [0.2, 0.25) is 0 Å². The van der Waals surface area contributed by atoms with Crippen LogP contribution in [0.2, 0.25) is 0 Å². The third kappa shape index (κ3) is 6.07.